The number of ether oxygens (including phenoxy) is 1. The largest absolute Gasteiger partial charge is 0.497 e. The first kappa shape index (κ1) is 23.4. The topological polar surface area (TPSA) is 115 Å². The van der Waals surface area contributed by atoms with Gasteiger partial charge in [0.1, 0.15) is 5.75 Å². The van der Waals surface area contributed by atoms with Crippen molar-refractivity contribution in [3.05, 3.63) is 46.7 Å². The number of piperidine rings is 1. The molecular weight excluding hydrogens is 464 g/mol. The summed E-state index contributed by atoms with van der Waals surface area (Å²) in [6.45, 7) is 4.36. The number of amides is 1. The Morgan fingerprint density at radius 1 is 1.30 bits per heavy atom. The Hall–Kier alpha value is -2.76. The molecule has 1 aliphatic rings. The lowest BCUT2D eigenvalue weighted by molar-refractivity contribution is -0.126. The maximum Gasteiger partial charge on any atom is 0.244 e. The number of thiophene rings is 1. The molecule has 9 nitrogen and oxygen atoms in total. The van der Waals surface area contributed by atoms with E-state index in [9.17, 15) is 13.2 Å². The lowest BCUT2D eigenvalue weighted by Gasteiger charge is -2.31. The van der Waals surface area contributed by atoms with Crippen LogP contribution in [0.2, 0.25) is 0 Å². The summed E-state index contributed by atoms with van der Waals surface area (Å²) in [5.74, 6) is 0.997. The smallest absolute Gasteiger partial charge is 0.244 e. The van der Waals surface area contributed by atoms with Gasteiger partial charge in [-0.05, 0) is 43.5 Å². The molecule has 0 aliphatic carbocycles. The van der Waals surface area contributed by atoms with Crippen molar-refractivity contribution in [3.63, 3.8) is 0 Å². The van der Waals surface area contributed by atoms with Gasteiger partial charge in [-0.15, -0.1) is 11.3 Å². The molecule has 1 saturated heterocycles. The number of hydrogen-bond donors (Lipinski definition) is 1. The van der Waals surface area contributed by atoms with Crippen LogP contribution in [-0.4, -0.2) is 49.0 Å². The van der Waals surface area contributed by atoms with Gasteiger partial charge >= 0.3 is 0 Å². The van der Waals surface area contributed by atoms with Crippen LogP contribution in [0, 0.1) is 19.8 Å². The zero-order chi connectivity index (χ0) is 23.6. The normalized spacial score (nSPS) is 17.1. The highest BCUT2D eigenvalue weighted by Gasteiger charge is 2.35. The van der Waals surface area contributed by atoms with E-state index in [1.54, 1.807) is 27.0 Å². The van der Waals surface area contributed by atoms with Crippen LogP contribution < -0.4 is 10.1 Å². The molecule has 1 atom stereocenters. The van der Waals surface area contributed by atoms with Crippen LogP contribution in [0.15, 0.2) is 39.8 Å². The van der Waals surface area contributed by atoms with Gasteiger partial charge in [0.05, 0.1) is 22.8 Å². The monoisotopic (exact) mass is 490 g/mol. The van der Waals surface area contributed by atoms with Crippen molar-refractivity contribution < 1.29 is 22.5 Å². The Bertz CT molecular complexity index is 1230. The number of benzene rings is 1. The molecule has 3 heterocycles. The zero-order valence-electron chi connectivity index (χ0n) is 18.7. The Morgan fingerprint density at radius 2 is 2.06 bits per heavy atom. The zero-order valence-corrected chi connectivity index (χ0v) is 20.3. The van der Waals surface area contributed by atoms with E-state index in [0.717, 1.165) is 11.3 Å². The summed E-state index contributed by atoms with van der Waals surface area (Å²) in [7, 11) is -2.15. The van der Waals surface area contributed by atoms with E-state index in [1.165, 1.54) is 15.6 Å². The van der Waals surface area contributed by atoms with E-state index in [2.05, 4.69) is 15.5 Å². The molecule has 1 aromatic carbocycles. The number of hydrogen-bond acceptors (Lipinski definition) is 8. The molecule has 11 heteroatoms. The molecule has 33 heavy (non-hydrogen) atoms. The van der Waals surface area contributed by atoms with Crippen molar-refractivity contribution in [1.29, 1.82) is 0 Å². The molecule has 2 aromatic heterocycles. The summed E-state index contributed by atoms with van der Waals surface area (Å²) in [6, 6.07) is 9.04. The molecule has 1 aliphatic heterocycles. The summed E-state index contributed by atoms with van der Waals surface area (Å²) in [6.07, 6.45) is 1.27. The van der Waals surface area contributed by atoms with Gasteiger partial charge in [-0.2, -0.15) is 9.29 Å². The minimum Gasteiger partial charge on any atom is -0.497 e. The molecule has 0 unspecified atom stereocenters. The highest BCUT2D eigenvalue weighted by molar-refractivity contribution is 7.89. The van der Waals surface area contributed by atoms with Crippen molar-refractivity contribution in [2.45, 2.75) is 38.1 Å². The highest BCUT2D eigenvalue weighted by atomic mass is 32.2. The van der Waals surface area contributed by atoms with Crippen LogP contribution in [0.4, 0.5) is 0 Å². The van der Waals surface area contributed by atoms with Gasteiger partial charge in [0.2, 0.25) is 27.6 Å². The first-order valence-electron chi connectivity index (χ1n) is 10.6. The third kappa shape index (κ3) is 5.10. The first-order chi connectivity index (χ1) is 15.8. The Labute approximate surface area is 196 Å². The van der Waals surface area contributed by atoms with E-state index in [1.807, 2.05) is 24.3 Å². The van der Waals surface area contributed by atoms with Crippen molar-refractivity contribution >= 4 is 27.3 Å². The molecule has 1 fully saturated rings. The summed E-state index contributed by atoms with van der Waals surface area (Å²) in [5.41, 5.74) is 0.947. The van der Waals surface area contributed by atoms with Gasteiger partial charge in [-0.25, -0.2) is 8.42 Å². The van der Waals surface area contributed by atoms with Gasteiger partial charge in [-0.1, -0.05) is 17.3 Å². The predicted molar refractivity (Wildman–Crippen MR) is 123 cm³/mol. The van der Waals surface area contributed by atoms with Crippen molar-refractivity contribution in [2.75, 3.05) is 20.2 Å². The first-order valence-corrected chi connectivity index (χ1v) is 12.9. The van der Waals surface area contributed by atoms with Crippen molar-refractivity contribution in [2.24, 2.45) is 5.92 Å². The van der Waals surface area contributed by atoms with E-state index in [4.69, 9.17) is 9.26 Å². The number of nitrogens with zero attached hydrogens (tertiary/aromatic N) is 3. The van der Waals surface area contributed by atoms with Crippen LogP contribution in [0.1, 0.15) is 29.2 Å². The second kappa shape index (κ2) is 9.62. The van der Waals surface area contributed by atoms with Crippen LogP contribution >= 0.6 is 11.3 Å². The third-order valence-electron chi connectivity index (χ3n) is 5.62. The van der Waals surface area contributed by atoms with Crippen LogP contribution in [-0.2, 0) is 21.4 Å². The SMILES string of the molecule is COc1ccc(CNC(=O)[C@H]2CCCN(S(=O)(=O)c3cc(-c4noc(C)n4)sc3C)C2)cc1. The Morgan fingerprint density at radius 3 is 2.73 bits per heavy atom. The fraction of sp³-hybridized carbons (Fsp3) is 0.409. The van der Waals surface area contributed by atoms with Gasteiger partial charge in [-0.3, -0.25) is 4.79 Å². The van der Waals surface area contributed by atoms with E-state index in [-0.39, 0.29) is 17.3 Å². The number of carbonyl (C=O) groups is 1. The minimum absolute atomic E-state index is 0.143. The van der Waals surface area contributed by atoms with E-state index in [0.29, 0.717) is 47.4 Å². The predicted octanol–water partition coefficient (Wildman–Crippen LogP) is 3.14. The van der Waals surface area contributed by atoms with Crippen LogP contribution in [0.25, 0.3) is 10.7 Å². The average molecular weight is 491 g/mol. The maximum absolute atomic E-state index is 13.4. The summed E-state index contributed by atoms with van der Waals surface area (Å²) in [4.78, 5) is 18.5. The average Bonchev–Trinajstić information content (AvgIpc) is 3.43. The molecule has 0 radical (unpaired) electrons. The quantitative estimate of drug-likeness (QED) is 0.541. The maximum atomic E-state index is 13.4. The molecule has 0 saturated carbocycles. The third-order valence-corrected chi connectivity index (χ3v) is 8.79. The standard InChI is InChI=1S/C22H26N4O5S2/c1-14-20(11-19(32-14)21-24-15(2)31-25-21)33(28,29)26-10-4-5-17(13-26)22(27)23-12-16-6-8-18(30-3)9-7-16/h6-9,11,17H,4-5,10,12-13H2,1-3H3,(H,23,27)/t17-/m0/s1. The lowest BCUT2D eigenvalue weighted by Crippen LogP contribution is -2.45. The summed E-state index contributed by atoms with van der Waals surface area (Å²) in [5, 5.41) is 6.81. The minimum atomic E-state index is -3.75. The molecule has 176 valence electrons. The van der Waals surface area contributed by atoms with Crippen molar-refractivity contribution in [3.8, 4) is 16.5 Å². The number of nitrogens with one attached hydrogen (secondary N) is 1. The van der Waals surface area contributed by atoms with Crippen molar-refractivity contribution in [1.82, 2.24) is 19.8 Å². The Balaban J connectivity index is 1.43. The van der Waals surface area contributed by atoms with Gasteiger partial charge in [0.25, 0.3) is 0 Å². The Kier molecular flexibility index (Phi) is 6.82. The fourth-order valence-corrected chi connectivity index (χ4v) is 6.83. The molecule has 0 spiro atoms. The van der Waals surface area contributed by atoms with Gasteiger partial charge in [0.15, 0.2) is 0 Å². The number of aryl methyl sites for hydroxylation is 2. The van der Waals surface area contributed by atoms with Gasteiger partial charge < -0.3 is 14.6 Å². The molecule has 1 amide bonds. The van der Waals surface area contributed by atoms with E-state index >= 15 is 0 Å². The molecule has 4 rings (SSSR count). The number of carbonyl (C=O) groups excluding carboxylic acids is 1. The van der Waals surface area contributed by atoms with Gasteiger partial charge in [0, 0.05) is 31.4 Å². The summed E-state index contributed by atoms with van der Waals surface area (Å²) >= 11 is 1.31. The second-order valence-electron chi connectivity index (χ2n) is 7.94. The molecule has 0 bridgehead atoms. The number of methoxy groups -OCH3 is 1. The highest BCUT2D eigenvalue weighted by Crippen LogP contribution is 2.35. The molecule has 3 aromatic rings. The molecule has 1 N–H and O–H groups in total. The van der Waals surface area contributed by atoms with E-state index < -0.39 is 15.9 Å². The fourth-order valence-electron chi connectivity index (χ4n) is 3.82. The molecular formula is C22H26N4O5S2. The number of rotatable bonds is 7. The second-order valence-corrected chi connectivity index (χ2v) is 11.1. The number of aromatic nitrogens is 2. The van der Waals surface area contributed by atoms with Crippen LogP contribution in [0.3, 0.4) is 0 Å². The lowest BCUT2D eigenvalue weighted by atomic mass is 9.99. The van der Waals surface area contributed by atoms with Crippen LogP contribution in [0.5, 0.6) is 5.75 Å². The summed E-state index contributed by atoms with van der Waals surface area (Å²) < 4.78 is 38.3. The number of sulfonamides is 1.